The Labute approximate surface area is 133 Å². The zero-order valence-corrected chi connectivity index (χ0v) is 14.3. The van der Waals surface area contributed by atoms with E-state index in [0.29, 0.717) is 12.6 Å². The third-order valence-corrected chi connectivity index (χ3v) is 4.11. The third kappa shape index (κ3) is 5.45. The SMILES string of the molecule is CCNC(=NCC1(O)CCC1)NC1CCCCC1.I. The molecule has 0 aromatic carbocycles. The summed E-state index contributed by atoms with van der Waals surface area (Å²) in [5.74, 6) is 0.879. The largest absolute Gasteiger partial charge is 0.388 e. The number of hydrogen-bond donors (Lipinski definition) is 3. The number of halogens is 1. The van der Waals surface area contributed by atoms with E-state index < -0.39 is 5.60 Å². The molecule has 0 heterocycles. The third-order valence-electron chi connectivity index (χ3n) is 4.11. The Morgan fingerprint density at radius 1 is 1.21 bits per heavy atom. The van der Waals surface area contributed by atoms with Gasteiger partial charge in [0.2, 0.25) is 0 Å². The lowest BCUT2D eigenvalue weighted by atomic mass is 9.80. The van der Waals surface area contributed by atoms with Gasteiger partial charge in [-0.1, -0.05) is 19.3 Å². The van der Waals surface area contributed by atoms with Crippen LogP contribution in [0.5, 0.6) is 0 Å². The van der Waals surface area contributed by atoms with Crippen LogP contribution in [0.4, 0.5) is 0 Å². The van der Waals surface area contributed by atoms with Gasteiger partial charge in [-0.3, -0.25) is 4.99 Å². The average Bonchev–Trinajstić information content (AvgIpc) is 2.35. The van der Waals surface area contributed by atoms with Crippen LogP contribution >= 0.6 is 24.0 Å². The number of rotatable bonds is 4. The maximum absolute atomic E-state index is 10.1. The van der Waals surface area contributed by atoms with Crippen molar-refractivity contribution in [2.75, 3.05) is 13.1 Å². The number of aliphatic hydroxyl groups is 1. The molecule has 3 N–H and O–H groups in total. The molecule has 0 spiro atoms. The van der Waals surface area contributed by atoms with E-state index in [1.165, 1.54) is 32.1 Å². The van der Waals surface area contributed by atoms with Gasteiger partial charge in [-0.25, -0.2) is 0 Å². The molecule has 0 saturated heterocycles. The molecule has 0 aromatic rings. The molecule has 112 valence electrons. The van der Waals surface area contributed by atoms with Gasteiger partial charge in [0.25, 0.3) is 0 Å². The van der Waals surface area contributed by atoms with Crippen molar-refractivity contribution >= 4 is 29.9 Å². The molecule has 2 rings (SSSR count). The molecule has 2 saturated carbocycles. The van der Waals surface area contributed by atoms with Crippen molar-refractivity contribution in [3.05, 3.63) is 0 Å². The van der Waals surface area contributed by atoms with E-state index in [1.807, 2.05) is 0 Å². The second-order valence-electron chi connectivity index (χ2n) is 5.75. The molecular weight excluding hydrogens is 353 g/mol. The Kier molecular flexibility index (Phi) is 7.42. The highest BCUT2D eigenvalue weighted by molar-refractivity contribution is 14.0. The summed E-state index contributed by atoms with van der Waals surface area (Å²) in [7, 11) is 0. The normalized spacial score (nSPS) is 23.2. The lowest BCUT2D eigenvalue weighted by molar-refractivity contribution is -0.0236. The summed E-state index contributed by atoms with van der Waals surface area (Å²) in [6.07, 6.45) is 9.44. The second kappa shape index (κ2) is 8.29. The van der Waals surface area contributed by atoms with E-state index >= 15 is 0 Å². The average molecular weight is 381 g/mol. The second-order valence-corrected chi connectivity index (χ2v) is 5.75. The Bertz CT molecular complexity index is 286. The first-order valence-electron chi connectivity index (χ1n) is 7.49. The van der Waals surface area contributed by atoms with Crippen LogP contribution in [0, 0.1) is 0 Å². The fourth-order valence-corrected chi connectivity index (χ4v) is 2.73. The number of hydrogen-bond acceptors (Lipinski definition) is 2. The predicted molar refractivity (Wildman–Crippen MR) is 90.2 cm³/mol. The highest BCUT2D eigenvalue weighted by atomic mass is 127. The predicted octanol–water partition coefficient (Wildman–Crippen LogP) is 2.41. The minimum Gasteiger partial charge on any atom is -0.388 e. The van der Waals surface area contributed by atoms with Crippen molar-refractivity contribution in [2.45, 2.75) is 69.9 Å². The molecule has 2 aliphatic rings. The van der Waals surface area contributed by atoms with Crippen LogP contribution in [0.1, 0.15) is 58.3 Å². The molecule has 5 heteroatoms. The first-order chi connectivity index (χ1) is 8.72. The van der Waals surface area contributed by atoms with Crippen molar-refractivity contribution in [1.82, 2.24) is 10.6 Å². The maximum Gasteiger partial charge on any atom is 0.191 e. The van der Waals surface area contributed by atoms with Gasteiger partial charge >= 0.3 is 0 Å². The van der Waals surface area contributed by atoms with E-state index in [1.54, 1.807) is 0 Å². The molecule has 0 unspecified atom stereocenters. The van der Waals surface area contributed by atoms with Gasteiger partial charge in [-0.05, 0) is 39.0 Å². The molecule has 0 aromatic heterocycles. The molecule has 2 aliphatic carbocycles. The van der Waals surface area contributed by atoms with Crippen molar-refractivity contribution < 1.29 is 5.11 Å². The smallest absolute Gasteiger partial charge is 0.191 e. The van der Waals surface area contributed by atoms with Crippen LogP contribution in [0.3, 0.4) is 0 Å². The highest BCUT2D eigenvalue weighted by Crippen LogP contribution is 2.31. The zero-order chi connectivity index (χ0) is 12.8. The summed E-state index contributed by atoms with van der Waals surface area (Å²) in [4.78, 5) is 4.55. The van der Waals surface area contributed by atoms with Crippen molar-refractivity contribution in [2.24, 2.45) is 4.99 Å². The van der Waals surface area contributed by atoms with Gasteiger partial charge in [-0.2, -0.15) is 0 Å². The molecular formula is C14H28IN3O. The Hall–Kier alpha value is -0.0400. The monoisotopic (exact) mass is 381 g/mol. The topological polar surface area (TPSA) is 56.7 Å². The summed E-state index contributed by atoms with van der Waals surface area (Å²) in [6.45, 7) is 3.49. The first kappa shape index (κ1) is 17.0. The maximum atomic E-state index is 10.1. The van der Waals surface area contributed by atoms with E-state index in [-0.39, 0.29) is 24.0 Å². The molecule has 2 fully saturated rings. The van der Waals surface area contributed by atoms with Gasteiger partial charge in [-0.15, -0.1) is 24.0 Å². The van der Waals surface area contributed by atoms with Gasteiger partial charge in [0, 0.05) is 12.6 Å². The number of guanidine groups is 1. The van der Waals surface area contributed by atoms with Gasteiger partial charge < -0.3 is 15.7 Å². The lowest BCUT2D eigenvalue weighted by Crippen LogP contribution is -2.46. The number of aliphatic imine (C=N–C) groups is 1. The van der Waals surface area contributed by atoms with Crippen LogP contribution in [0.15, 0.2) is 4.99 Å². The van der Waals surface area contributed by atoms with Crippen LogP contribution in [0.2, 0.25) is 0 Å². The highest BCUT2D eigenvalue weighted by Gasteiger charge is 2.34. The molecule has 0 bridgehead atoms. The number of nitrogens with one attached hydrogen (secondary N) is 2. The minimum atomic E-state index is -0.519. The van der Waals surface area contributed by atoms with Crippen molar-refractivity contribution in [3.63, 3.8) is 0 Å². The van der Waals surface area contributed by atoms with E-state index in [2.05, 4.69) is 22.5 Å². The fourth-order valence-electron chi connectivity index (χ4n) is 2.73. The zero-order valence-electron chi connectivity index (χ0n) is 12.0. The van der Waals surface area contributed by atoms with Crippen molar-refractivity contribution in [1.29, 1.82) is 0 Å². The molecule has 0 radical (unpaired) electrons. The van der Waals surface area contributed by atoms with Crippen molar-refractivity contribution in [3.8, 4) is 0 Å². The number of nitrogens with zero attached hydrogens (tertiary/aromatic N) is 1. The van der Waals surface area contributed by atoms with E-state index in [9.17, 15) is 5.11 Å². The summed E-state index contributed by atoms with van der Waals surface area (Å²) >= 11 is 0. The van der Waals surface area contributed by atoms with Gasteiger partial charge in [0.1, 0.15) is 0 Å². The van der Waals surface area contributed by atoms with Gasteiger partial charge in [0.05, 0.1) is 12.1 Å². The molecule has 0 aliphatic heterocycles. The standard InChI is InChI=1S/C14H27N3O.HI/c1-2-15-13(16-11-14(18)9-6-10-14)17-12-7-4-3-5-8-12;/h12,18H,2-11H2,1H3,(H2,15,16,17);1H. The van der Waals surface area contributed by atoms with Crippen LogP contribution < -0.4 is 10.6 Å². The summed E-state index contributed by atoms with van der Waals surface area (Å²) < 4.78 is 0. The quantitative estimate of drug-likeness (QED) is 0.398. The van der Waals surface area contributed by atoms with Crippen LogP contribution in [0.25, 0.3) is 0 Å². The molecule has 0 atom stereocenters. The minimum absolute atomic E-state index is 0. The summed E-state index contributed by atoms with van der Waals surface area (Å²) in [5, 5.41) is 16.9. The molecule has 0 amide bonds. The summed E-state index contributed by atoms with van der Waals surface area (Å²) in [6, 6.07) is 0.563. The molecule has 19 heavy (non-hydrogen) atoms. The van der Waals surface area contributed by atoms with Crippen LogP contribution in [-0.2, 0) is 0 Å². The van der Waals surface area contributed by atoms with E-state index in [0.717, 1.165) is 31.8 Å². The Balaban J connectivity index is 0.00000180. The summed E-state index contributed by atoms with van der Waals surface area (Å²) in [5.41, 5.74) is -0.519. The first-order valence-corrected chi connectivity index (χ1v) is 7.49. The Morgan fingerprint density at radius 3 is 2.42 bits per heavy atom. The lowest BCUT2D eigenvalue weighted by Gasteiger charge is -2.35. The Morgan fingerprint density at radius 2 is 1.89 bits per heavy atom. The van der Waals surface area contributed by atoms with Crippen LogP contribution in [-0.4, -0.2) is 35.8 Å². The van der Waals surface area contributed by atoms with Gasteiger partial charge in [0.15, 0.2) is 5.96 Å². The molecule has 4 nitrogen and oxygen atoms in total. The fraction of sp³-hybridized carbons (Fsp3) is 0.929. The van der Waals surface area contributed by atoms with E-state index in [4.69, 9.17) is 0 Å².